The van der Waals surface area contributed by atoms with Crippen molar-refractivity contribution in [2.75, 3.05) is 87.5 Å². The van der Waals surface area contributed by atoms with Crippen molar-refractivity contribution < 1.29 is 41.8 Å². The molecule has 3 N–H and O–H groups in total. The lowest BCUT2D eigenvalue weighted by Crippen LogP contribution is -2.58. The van der Waals surface area contributed by atoms with E-state index in [1.807, 2.05) is 30.5 Å². The Morgan fingerprint density at radius 2 is 1.80 bits per heavy atom. The molecule has 1 saturated carbocycles. The molecule has 13 rings (SSSR count). The molecule has 1 spiro atoms. The number of nitro groups is 1. The molecular formula is C54H63N9O10S. The molecule has 2 bridgehead atoms. The van der Waals surface area contributed by atoms with Crippen molar-refractivity contribution in [3.63, 3.8) is 0 Å². The quantitative estimate of drug-likeness (QED) is 0.0912. The first-order valence-corrected chi connectivity index (χ1v) is 27.8. The van der Waals surface area contributed by atoms with E-state index >= 15 is 0 Å². The molecule has 5 saturated heterocycles. The topological polar surface area (TPSA) is 206 Å². The number of ether oxygens (including phenoxy) is 5. The van der Waals surface area contributed by atoms with Gasteiger partial charge in [-0.05, 0) is 91.3 Å². The van der Waals surface area contributed by atoms with Crippen molar-refractivity contribution in [2.24, 2.45) is 5.41 Å². The zero-order chi connectivity index (χ0) is 50.5. The molecule has 3 aromatic carbocycles. The summed E-state index contributed by atoms with van der Waals surface area (Å²) < 4.78 is 61.5. The number of pyridine rings is 1. The summed E-state index contributed by atoms with van der Waals surface area (Å²) in [6.07, 6.45) is 7.42. The van der Waals surface area contributed by atoms with Crippen LogP contribution in [0.1, 0.15) is 85.8 Å². The van der Waals surface area contributed by atoms with Gasteiger partial charge in [0, 0.05) is 80.8 Å². The fourth-order valence-corrected chi connectivity index (χ4v) is 14.4. The number of nitro benzene ring substituents is 1. The van der Waals surface area contributed by atoms with E-state index in [1.54, 1.807) is 6.07 Å². The first-order valence-electron chi connectivity index (χ1n) is 26.3. The van der Waals surface area contributed by atoms with Gasteiger partial charge in [0.2, 0.25) is 5.88 Å². The van der Waals surface area contributed by atoms with Crippen LogP contribution in [-0.4, -0.2) is 148 Å². The zero-order valence-electron chi connectivity index (χ0n) is 41.7. The normalized spacial score (nSPS) is 26.7. The molecule has 9 heterocycles. The Bertz CT molecular complexity index is 3120. The van der Waals surface area contributed by atoms with Crippen LogP contribution in [-0.2, 0) is 24.2 Å². The van der Waals surface area contributed by atoms with Gasteiger partial charge in [-0.25, -0.2) is 13.1 Å². The van der Waals surface area contributed by atoms with E-state index in [0.717, 1.165) is 82.0 Å². The molecule has 2 aromatic heterocycles. The molecule has 5 aromatic rings. The Morgan fingerprint density at radius 1 is 0.959 bits per heavy atom. The van der Waals surface area contributed by atoms with Crippen molar-refractivity contribution in [1.29, 1.82) is 0 Å². The van der Waals surface area contributed by atoms with Crippen LogP contribution in [0.15, 0.2) is 77.8 Å². The third-order valence-corrected chi connectivity index (χ3v) is 18.6. The number of sulfonamides is 1. The number of likely N-dealkylation sites (tertiary alicyclic amines) is 1. The number of nitrogens with one attached hydrogen (secondary N) is 3. The smallest absolute Gasteiger partial charge is 0.297 e. The molecule has 20 heteroatoms. The van der Waals surface area contributed by atoms with Crippen molar-refractivity contribution in [2.45, 2.75) is 106 Å². The summed E-state index contributed by atoms with van der Waals surface area (Å²) in [5.41, 5.74) is 5.44. The first kappa shape index (κ1) is 47.7. The van der Waals surface area contributed by atoms with E-state index in [4.69, 9.17) is 28.7 Å². The van der Waals surface area contributed by atoms with Crippen LogP contribution in [0.4, 0.5) is 28.4 Å². The second-order valence-electron chi connectivity index (χ2n) is 22.0. The lowest BCUT2D eigenvalue weighted by molar-refractivity contribution is -0.384. The number of carbonyl (C=O) groups is 1. The van der Waals surface area contributed by atoms with Crippen molar-refractivity contribution in [3.05, 3.63) is 99.7 Å². The summed E-state index contributed by atoms with van der Waals surface area (Å²) in [5.74, 6) is -0.0730. The van der Waals surface area contributed by atoms with Crippen LogP contribution >= 0.6 is 0 Å². The zero-order valence-corrected chi connectivity index (χ0v) is 42.6. The lowest BCUT2D eigenvalue weighted by Gasteiger charge is -2.57. The van der Waals surface area contributed by atoms with Crippen LogP contribution in [0.2, 0.25) is 0 Å². The largest absolute Gasteiger partial charge is 0.489 e. The van der Waals surface area contributed by atoms with Crippen LogP contribution in [0.3, 0.4) is 0 Å². The summed E-state index contributed by atoms with van der Waals surface area (Å²) in [5, 5.41) is 16.7. The number of piperidine rings is 1. The van der Waals surface area contributed by atoms with Crippen molar-refractivity contribution in [1.82, 2.24) is 24.5 Å². The standard InChI is InChI=1S/C54H63N9O10S/c1-32(2)40-5-3-4-6-41(40)47-30-70-18-16-61(47)37-24-54(25-37)11-14-59(15-12-54)35-7-8-42(44(21-35)62-43-10-17-69-31-49(43)73-53-46(62)19-33-9-13-55-51(33)57-53)52(64)58-74(67,68)39-22-45(63(65)66)50-48(23-39)72-28-34(56-50)26-60-27-38-20-36(60)29-71-38/h3-9,13,19,21-23,32,34,36-38,43,47,49,56H,10-12,14-18,20,24-31H2,1-2H3,(H,55,57)(H,58,64)/t34-,36+,38+,43-,47-,49-/m0/s1. The molecule has 74 heavy (non-hydrogen) atoms. The van der Waals surface area contributed by atoms with Crippen LogP contribution in [0.25, 0.3) is 11.0 Å². The van der Waals surface area contributed by atoms with Gasteiger partial charge in [0.1, 0.15) is 24.0 Å². The van der Waals surface area contributed by atoms with Gasteiger partial charge < -0.3 is 43.8 Å². The molecule has 1 amide bonds. The second-order valence-corrected chi connectivity index (χ2v) is 23.7. The third-order valence-electron chi connectivity index (χ3n) is 17.3. The molecule has 390 valence electrons. The highest BCUT2D eigenvalue weighted by molar-refractivity contribution is 7.90. The Kier molecular flexibility index (Phi) is 12.0. The van der Waals surface area contributed by atoms with Gasteiger partial charge in [-0.2, -0.15) is 4.98 Å². The highest BCUT2D eigenvalue weighted by Gasteiger charge is 2.50. The SMILES string of the molecule is CC(C)c1ccccc1[C@@H]1COCCN1C1CC2(CCN(c3ccc(C(=O)NS(=O)(=O)c4cc5c(c([N+](=O)[O-])c4)N[C@@H](CN4C[C@H]6C[C@@H]4CO6)CO5)c(N4c5cc6cc[nH]c6nc5O[C@H]5COCC[C@@H]54)c3)CC2)C1. The molecule has 6 fully saturated rings. The van der Waals surface area contributed by atoms with Gasteiger partial charge in [-0.15, -0.1) is 0 Å². The van der Waals surface area contributed by atoms with E-state index in [9.17, 15) is 23.3 Å². The fourth-order valence-electron chi connectivity index (χ4n) is 13.4. The van der Waals surface area contributed by atoms with Gasteiger partial charge >= 0.3 is 0 Å². The molecule has 19 nitrogen and oxygen atoms in total. The van der Waals surface area contributed by atoms with Crippen LogP contribution < -0.4 is 29.3 Å². The average molecular weight is 1030 g/mol. The molecule has 1 aliphatic carbocycles. The molecule has 8 aliphatic rings. The first-order chi connectivity index (χ1) is 35.9. The predicted molar refractivity (Wildman–Crippen MR) is 276 cm³/mol. The van der Waals surface area contributed by atoms with E-state index < -0.39 is 37.5 Å². The summed E-state index contributed by atoms with van der Waals surface area (Å²) >= 11 is 0. The van der Waals surface area contributed by atoms with E-state index in [1.165, 1.54) is 17.2 Å². The Hall–Kier alpha value is -6.03. The van der Waals surface area contributed by atoms with Crippen molar-refractivity contribution >= 4 is 55.4 Å². The summed E-state index contributed by atoms with van der Waals surface area (Å²) in [4.78, 5) is 43.9. The van der Waals surface area contributed by atoms with Crippen LogP contribution in [0, 0.1) is 15.5 Å². The maximum absolute atomic E-state index is 14.8. The number of H-pyrrole nitrogens is 1. The second kappa shape index (κ2) is 18.7. The minimum absolute atomic E-state index is 0.0251. The maximum Gasteiger partial charge on any atom is 0.297 e. The van der Waals surface area contributed by atoms with Crippen molar-refractivity contribution in [3.8, 4) is 11.6 Å². The number of aromatic amines is 1. The summed E-state index contributed by atoms with van der Waals surface area (Å²) in [6, 6.07) is 21.0. The number of fused-ring (bicyclic) bond motifs is 6. The predicted octanol–water partition coefficient (Wildman–Crippen LogP) is 6.87. The number of hydrogen-bond acceptors (Lipinski definition) is 16. The molecule has 0 radical (unpaired) electrons. The highest BCUT2D eigenvalue weighted by Crippen LogP contribution is 2.54. The molecular weight excluding hydrogens is 967 g/mol. The fraction of sp³-hybridized carbons (Fsp3) is 0.519. The monoisotopic (exact) mass is 1030 g/mol. The van der Waals surface area contributed by atoms with Gasteiger partial charge in [0.05, 0.1) is 71.7 Å². The Morgan fingerprint density at radius 3 is 2.59 bits per heavy atom. The number of hydrogen-bond donors (Lipinski definition) is 3. The third kappa shape index (κ3) is 8.50. The van der Waals surface area contributed by atoms with E-state index in [-0.39, 0.29) is 53.3 Å². The van der Waals surface area contributed by atoms with E-state index in [0.29, 0.717) is 80.3 Å². The highest BCUT2D eigenvalue weighted by atomic mass is 32.2. The Balaban J connectivity index is 0.784. The molecule has 7 aliphatic heterocycles. The minimum atomic E-state index is -4.70. The minimum Gasteiger partial charge on any atom is -0.489 e. The van der Waals surface area contributed by atoms with Gasteiger partial charge in [-0.1, -0.05) is 38.1 Å². The number of aromatic nitrogens is 2. The molecule has 0 unspecified atom stereocenters. The number of carbonyl (C=O) groups excluding carboxylic acids is 1. The van der Waals surface area contributed by atoms with Gasteiger partial charge in [-0.3, -0.25) is 24.7 Å². The summed E-state index contributed by atoms with van der Waals surface area (Å²) in [6.45, 7) is 11.5. The van der Waals surface area contributed by atoms with Crippen LogP contribution in [0.5, 0.6) is 11.6 Å². The lowest BCUT2D eigenvalue weighted by atomic mass is 9.59. The number of benzene rings is 3. The van der Waals surface area contributed by atoms with E-state index in [2.05, 4.69) is 72.7 Å². The molecule has 6 atom stereocenters. The number of morpholine rings is 2. The average Bonchev–Trinajstić information content (AvgIpc) is 4.17. The number of rotatable bonds is 11. The van der Waals surface area contributed by atoms with Gasteiger partial charge in [0.15, 0.2) is 11.4 Å². The number of anilines is 4. The number of nitrogens with zero attached hydrogens (tertiary/aromatic N) is 6. The number of amides is 1. The Labute approximate surface area is 430 Å². The summed E-state index contributed by atoms with van der Waals surface area (Å²) in [7, 11) is -4.70. The van der Waals surface area contributed by atoms with Gasteiger partial charge in [0.25, 0.3) is 21.6 Å². The maximum atomic E-state index is 14.8.